The number of nitriles is 2. The fourth-order valence-electron chi connectivity index (χ4n) is 0.692. The van der Waals surface area contributed by atoms with Gasteiger partial charge in [-0.3, -0.25) is 4.98 Å². The summed E-state index contributed by atoms with van der Waals surface area (Å²) in [4.78, 5) is 4.10. The van der Waals surface area contributed by atoms with Crippen molar-refractivity contribution in [2.75, 3.05) is 0 Å². The molecule has 4 heteroatoms. The molecule has 1 aromatic rings. The molecule has 0 saturated heterocycles. The maximum atomic E-state index is 7.48. The van der Waals surface area contributed by atoms with Crippen molar-refractivity contribution in [2.24, 2.45) is 0 Å². The molecule has 0 fully saturated rings. The summed E-state index contributed by atoms with van der Waals surface area (Å²) in [5.74, 6) is 0. The lowest BCUT2D eigenvalue weighted by Crippen LogP contribution is -1.88. The monoisotopic (exact) mass is 186 g/mol. The average molecular weight is 186 g/mol. The Balaban J connectivity index is 0.000000292. The van der Waals surface area contributed by atoms with Crippen LogP contribution in [0.5, 0.6) is 0 Å². The van der Waals surface area contributed by atoms with Gasteiger partial charge in [-0.05, 0) is 12.1 Å². The largest absolute Gasteiger partial charge is 0.261 e. The smallest absolute Gasteiger partial charge is 0.190 e. The Hall–Kier alpha value is -2.33. The zero-order valence-corrected chi connectivity index (χ0v) is 7.64. The molecule has 0 aliphatic heterocycles. The summed E-state index contributed by atoms with van der Waals surface area (Å²) in [5, 5.41) is 16.7. The van der Waals surface area contributed by atoms with Crippen molar-refractivity contribution >= 4 is 0 Å². The molecule has 4 nitrogen and oxygen atoms in total. The normalized spacial score (nSPS) is 7.00. The molecule has 0 radical (unpaired) electrons. The molecule has 0 spiro atoms. The molecular formula is C10H10N4. The van der Waals surface area contributed by atoms with Crippen LogP contribution < -0.4 is 5.32 Å². The first-order chi connectivity index (χ1) is 6.85. The lowest BCUT2D eigenvalue weighted by atomic mass is 10.3. The number of allylic oxidation sites excluding steroid dienone is 1. The van der Waals surface area contributed by atoms with Crippen LogP contribution in [0, 0.1) is 22.9 Å². The van der Waals surface area contributed by atoms with Crippen LogP contribution in [0.15, 0.2) is 37.1 Å². The number of pyridine rings is 1. The van der Waals surface area contributed by atoms with Crippen molar-refractivity contribution in [3.63, 3.8) is 0 Å². The average Bonchev–Trinajstić information content (AvgIpc) is 2.22. The lowest BCUT2D eigenvalue weighted by molar-refractivity contribution is 1.11. The second kappa shape index (κ2) is 8.76. The Morgan fingerprint density at radius 3 is 2.50 bits per heavy atom. The molecule has 70 valence electrons. The van der Waals surface area contributed by atoms with E-state index < -0.39 is 0 Å². The molecule has 0 aliphatic rings. The van der Waals surface area contributed by atoms with Gasteiger partial charge in [-0.25, -0.2) is 5.32 Å². The summed E-state index contributed by atoms with van der Waals surface area (Å²) in [6, 6.07) is 5.88. The summed E-state index contributed by atoms with van der Waals surface area (Å²) in [7, 11) is 0. The fraction of sp³-hybridized carbons (Fsp3) is 0.100. The topological polar surface area (TPSA) is 72.5 Å². The van der Waals surface area contributed by atoms with Gasteiger partial charge in [0.2, 0.25) is 0 Å². The van der Waals surface area contributed by atoms with Crippen molar-refractivity contribution < 1.29 is 0 Å². The fourth-order valence-corrected chi connectivity index (χ4v) is 0.692. The van der Waals surface area contributed by atoms with Gasteiger partial charge >= 0.3 is 0 Å². The summed E-state index contributed by atoms with van der Waals surface area (Å²) in [6.45, 7) is 3.62. The molecule has 0 saturated carbocycles. The van der Waals surface area contributed by atoms with E-state index in [1.54, 1.807) is 11.5 Å². The summed E-state index contributed by atoms with van der Waals surface area (Å²) in [5.41, 5.74) is 1.08. The van der Waals surface area contributed by atoms with E-state index in [1.807, 2.05) is 24.3 Å². The molecular weight excluding hydrogens is 176 g/mol. The minimum absolute atomic E-state index is 0.862. The minimum atomic E-state index is 0.862. The number of aromatic nitrogens is 1. The second-order valence-corrected chi connectivity index (χ2v) is 2.16. The lowest BCUT2D eigenvalue weighted by Gasteiger charge is -1.90. The van der Waals surface area contributed by atoms with E-state index in [0.29, 0.717) is 0 Å². The first-order valence-electron chi connectivity index (χ1n) is 3.89. The Morgan fingerprint density at radius 2 is 2.14 bits per heavy atom. The zero-order valence-electron chi connectivity index (χ0n) is 7.64. The highest BCUT2D eigenvalue weighted by Gasteiger charge is 1.83. The SMILES string of the molecule is C=CCc1ccccn1.N#CNC#N. The van der Waals surface area contributed by atoms with E-state index in [4.69, 9.17) is 10.5 Å². The Morgan fingerprint density at radius 1 is 1.43 bits per heavy atom. The molecule has 0 aliphatic carbocycles. The first-order valence-corrected chi connectivity index (χ1v) is 3.89. The predicted molar refractivity (Wildman–Crippen MR) is 52.5 cm³/mol. The second-order valence-electron chi connectivity index (χ2n) is 2.16. The maximum Gasteiger partial charge on any atom is 0.190 e. The van der Waals surface area contributed by atoms with E-state index in [2.05, 4.69) is 11.6 Å². The number of hydrogen-bond acceptors (Lipinski definition) is 4. The Bertz CT molecular complexity index is 319. The van der Waals surface area contributed by atoms with Gasteiger partial charge in [0, 0.05) is 18.3 Å². The Labute approximate surface area is 83.1 Å². The van der Waals surface area contributed by atoms with E-state index in [1.165, 1.54) is 12.4 Å². The Kier molecular flexibility index (Phi) is 7.31. The van der Waals surface area contributed by atoms with Gasteiger partial charge in [0.05, 0.1) is 0 Å². The van der Waals surface area contributed by atoms with Crippen LogP contribution in [-0.4, -0.2) is 4.98 Å². The molecule has 0 unspecified atom stereocenters. The highest BCUT2D eigenvalue weighted by molar-refractivity contribution is 5.06. The van der Waals surface area contributed by atoms with Gasteiger partial charge in [-0.1, -0.05) is 12.1 Å². The molecule has 1 aromatic heterocycles. The third-order valence-electron chi connectivity index (χ3n) is 1.19. The van der Waals surface area contributed by atoms with Crippen LogP contribution >= 0.6 is 0 Å². The molecule has 0 atom stereocenters. The maximum absolute atomic E-state index is 7.48. The number of nitrogens with zero attached hydrogens (tertiary/aromatic N) is 3. The molecule has 0 aromatic carbocycles. The molecule has 0 amide bonds. The predicted octanol–water partition coefficient (Wildman–Crippen LogP) is 1.35. The van der Waals surface area contributed by atoms with E-state index in [9.17, 15) is 0 Å². The van der Waals surface area contributed by atoms with Crippen molar-refractivity contribution in [3.8, 4) is 12.4 Å². The van der Waals surface area contributed by atoms with Crippen LogP contribution in [0.25, 0.3) is 0 Å². The quantitative estimate of drug-likeness (QED) is 0.430. The molecule has 1 heterocycles. The first kappa shape index (κ1) is 11.7. The zero-order chi connectivity index (χ0) is 10.6. The van der Waals surface area contributed by atoms with Crippen LogP contribution in [0.4, 0.5) is 0 Å². The molecule has 1 N–H and O–H groups in total. The van der Waals surface area contributed by atoms with Crippen LogP contribution in [-0.2, 0) is 6.42 Å². The van der Waals surface area contributed by atoms with Crippen molar-refractivity contribution in [1.82, 2.24) is 10.3 Å². The highest BCUT2D eigenvalue weighted by atomic mass is 14.8. The summed E-state index contributed by atoms with van der Waals surface area (Å²) < 4.78 is 0. The number of nitrogens with one attached hydrogen (secondary N) is 1. The van der Waals surface area contributed by atoms with Crippen LogP contribution in [0.2, 0.25) is 0 Å². The van der Waals surface area contributed by atoms with Crippen LogP contribution in [0.3, 0.4) is 0 Å². The third kappa shape index (κ3) is 6.38. The number of rotatable bonds is 2. The van der Waals surface area contributed by atoms with E-state index >= 15 is 0 Å². The molecule has 1 rings (SSSR count). The molecule has 14 heavy (non-hydrogen) atoms. The van der Waals surface area contributed by atoms with Gasteiger partial charge in [-0.15, -0.1) is 6.58 Å². The van der Waals surface area contributed by atoms with Crippen molar-refractivity contribution in [1.29, 1.82) is 10.5 Å². The van der Waals surface area contributed by atoms with Gasteiger partial charge in [0.15, 0.2) is 12.4 Å². The van der Waals surface area contributed by atoms with E-state index in [0.717, 1.165) is 12.1 Å². The number of hydrogen-bond donors (Lipinski definition) is 1. The van der Waals surface area contributed by atoms with Crippen molar-refractivity contribution in [2.45, 2.75) is 6.42 Å². The van der Waals surface area contributed by atoms with Gasteiger partial charge in [-0.2, -0.15) is 10.5 Å². The minimum Gasteiger partial charge on any atom is -0.261 e. The van der Waals surface area contributed by atoms with Crippen molar-refractivity contribution in [3.05, 3.63) is 42.7 Å². The summed E-state index contributed by atoms with van der Waals surface area (Å²) >= 11 is 0. The van der Waals surface area contributed by atoms with Crippen LogP contribution in [0.1, 0.15) is 5.69 Å². The van der Waals surface area contributed by atoms with E-state index in [-0.39, 0.29) is 0 Å². The third-order valence-corrected chi connectivity index (χ3v) is 1.19. The standard InChI is InChI=1S/C8H9N.C2HN3/c1-2-5-8-6-3-4-7-9-8;3-1-5-2-4/h2-4,6-7H,1,5H2;5H. The highest BCUT2D eigenvalue weighted by Crippen LogP contribution is 1.93. The van der Waals surface area contributed by atoms with Gasteiger partial charge < -0.3 is 0 Å². The summed E-state index contributed by atoms with van der Waals surface area (Å²) in [6.07, 6.45) is 7.31. The van der Waals surface area contributed by atoms with Gasteiger partial charge in [0.1, 0.15) is 0 Å². The molecule has 0 bridgehead atoms. The van der Waals surface area contributed by atoms with Gasteiger partial charge in [0.25, 0.3) is 0 Å².